The molecule has 0 aliphatic heterocycles. The van der Waals surface area contributed by atoms with Crippen LogP contribution in [-0.2, 0) is 4.74 Å². The van der Waals surface area contributed by atoms with E-state index in [0.29, 0.717) is 18.6 Å². The number of hydrogen-bond donors (Lipinski definition) is 2. The minimum absolute atomic E-state index is 0.380. The molecule has 0 radical (unpaired) electrons. The van der Waals surface area contributed by atoms with Crippen molar-refractivity contribution in [3.63, 3.8) is 0 Å². The lowest BCUT2D eigenvalue weighted by Crippen LogP contribution is -2.41. The summed E-state index contributed by atoms with van der Waals surface area (Å²) in [4.78, 5) is 0. The highest BCUT2D eigenvalue weighted by Gasteiger charge is 2.04. The second-order valence-electron chi connectivity index (χ2n) is 2.86. The van der Waals surface area contributed by atoms with E-state index in [2.05, 4.69) is 19.2 Å². The second kappa shape index (κ2) is 6.58. The van der Waals surface area contributed by atoms with Crippen molar-refractivity contribution in [3.05, 3.63) is 0 Å². The maximum absolute atomic E-state index is 5.45. The van der Waals surface area contributed by atoms with Crippen LogP contribution >= 0.6 is 0 Å². The Labute approximate surface area is 69.3 Å². The van der Waals surface area contributed by atoms with Crippen LogP contribution < -0.4 is 11.1 Å². The van der Waals surface area contributed by atoms with Crippen molar-refractivity contribution in [1.82, 2.24) is 5.32 Å². The van der Waals surface area contributed by atoms with Gasteiger partial charge in [0.25, 0.3) is 0 Å². The molecule has 0 heterocycles. The molecule has 0 aliphatic rings. The Morgan fingerprint density at radius 1 is 1.36 bits per heavy atom. The lowest BCUT2D eigenvalue weighted by molar-refractivity contribution is 0.124. The Balaban J connectivity index is 3.27. The summed E-state index contributed by atoms with van der Waals surface area (Å²) in [6.45, 7) is 8.39. The molecule has 0 aromatic rings. The minimum Gasteiger partial charge on any atom is -0.380 e. The minimum atomic E-state index is 0.380. The third-order valence-electron chi connectivity index (χ3n) is 1.49. The van der Waals surface area contributed by atoms with Gasteiger partial charge in [-0.05, 0) is 20.8 Å². The number of nitrogens with one attached hydrogen (secondary N) is 1. The summed E-state index contributed by atoms with van der Waals surface area (Å²) in [6.07, 6.45) is 0. The molecule has 0 amide bonds. The van der Waals surface area contributed by atoms with Gasteiger partial charge in [0.05, 0.1) is 6.61 Å². The Morgan fingerprint density at radius 3 is 2.45 bits per heavy atom. The van der Waals surface area contributed by atoms with Crippen LogP contribution in [0.3, 0.4) is 0 Å². The van der Waals surface area contributed by atoms with E-state index in [1.165, 1.54) is 0 Å². The normalized spacial score (nSPS) is 16.4. The maximum atomic E-state index is 5.45. The first-order valence-electron chi connectivity index (χ1n) is 4.24. The molecule has 3 N–H and O–H groups in total. The quantitative estimate of drug-likeness (QED) is 0.589. The Morgan fingerprint density at radius 2 is 2.00 bits per heavy atom. The van der Waals surface area contributed by atoms with Crippen LogP contribution in [0.1, 0.15) is 20.8 Å². The molecule has 0 rings (SSSR count). The monoisotopic (exact) mass is 160 g/mol. The van der Waals surface area contributed by atoms with Crippen LogP contribution in [-0.4, -0.2) is 31.8 Å². The summed E-state index contributed by atoms with van der Waals surface area (Å²) in [7, 11) is 0. The summed E-state index contributed by atoms with van der Waals surface area (Å²) in [5.41, 5.74) is 5.45. The first-order chi connectivity index (χ1) is 5.20. The largest absolute Gasteiger partial charge is 0.380 e. The van der Waals surface area contributed by atoms with Crippen molar-refractivity contribution in [3.8, 4) is 0 Å². The van der Waals surface area contributed by atoms with E-state index in [4.69, 9.17) is 10.5 Å². The van der Waals surface area contributed by atoms with Crippen LogP contribution in [0.2, 0.25) is 0 Å². The molecular weight excluding hydrogens is 140 g/mol. The average molecular weight is 160 g/mol. The van der Waals surface area contributed by atoms with Gasteiger partial charge in [-0.25, -0.2) is 0 Å². The average Bonchev–Trinajstić information content (AvgIpc) is 2.00. The molecule has 0 aromatic heterocycles. The predicted octanol–water partition coefficient (Wildman–Crippen LogP) is 0.348. The first-order valence-corrected chi connectivity index (χ1v) is 4.24. The van der Waals surface area contributed by atoms with Crippen molar-refractivity contribution >= 4 is 0 Å². The van der Waals surface area contributed by atoms with Crippen molar-refractivity contribution in [2.45, 2.75) is 32.9 Å². The van der Waals surface area contributed by atoms with Crippen molar-refractivity contribution in [2.24, 2.45) is 5.73 Å². The van der Waals surface area contributed by atoms with E-state index in [9.17, 15) is 0 Å². The van der Waals surface area contributed by atoms with Crippen molar-refractivity contribution in [2.75, 3.05) is 19.8 Å². The summed E-state index contributed by atoms with van der Waals surface area (Å²) in [6, 6.07) is 0.777. The van der Waals surface area contributed by atoms with E-state index < -0.39 is 0 Å². The fraction of sp³-hybridized carbons (Fsp3) is 1.00. The lowest BCUT2D eigenvalue weighted by Gasteiger charge is -2.18. The molecule has 0 saturated carbocycles. The number of nitrogens with two attached hydrogens (primary N) is 1. The SMILES string of the molecule is CCOCC(C)NC(C)CN. The van der Waals surface area contributed by atoms with E-state index in [1.807, 2.05) is 6.92 Å². The van der Waals surface area contributed by atoms with E-state index in [-0.39, 0.29) is 0 Å². The molecule has 0 spiro atoms. The number of ether oxygens (including phenoxy) is 1. The summed E-state index contributed by atoms with van der Waals surface area (Å²) < 4.78 is 5.24. The van der Waals surface area contributed by atoms with Crippen molar-refractivity contribution < 1.29 is 4.74 Å². The van der Waals surface area contributed by atoms with Crippen LogP contribution in [0.5, 0.6) is 0 Å². The van der Waals surface area contributed by atoms with Crippen LogP contribution in [0.4, 0.5) is 0 Å². The molecule has 3 heteroatoms. The standard InChI is InChI=1S/C8H20N2O/c1-4-11-6-8(3)10-7(2)5-9/h7-8,10H,4-6,9H2,1-3H3. The van der Waals surface area contributed by atoms with Gasteiger partial charge in [0.2, 0.25) is 0 Å². The second-order valence-corrected chi connectivity index (χ2v) is 2.86. The molecule has 2 atom stereocenters. The van der Waals surface area contributed by atoms with Crippen LogP contribution in [0.15, 0.2) is 0 Å². The van der Waals surface area contributed by atoms with Gasteiger partial charge in [-0.3, -0.25) is 0 Å². The highest BCUT2D eigenvalue weighted by atomic mass is 16.5. The number of hydrogen-bond acceptors (Lipinski definition) is 3. The molecule has 0 fully saturated rings. The van der Waals surface area contributed by atoms with E-state index >= 15 is 0 Å². The molecule has 0 aliphatic carbocycles. The molecule has 11 heavy (non-hydrogen) atoms. The highest BCUT2D eigenvalue weighted by molar-refractivity contribution is 4.66. The van der Waals surface area contributed by atoms with Gasteiger partial charge in [-0.2, -0.15) is 0 Å². The molecule has 2 unspecified atom stereocenters. The molecular formula is C8H20N2O. The Hall–Kier alpha value is -0.120. The third-order valence-corrected chi connectivity index (χ3v) is 1.49. The summed E-state index contributed by atoms with van der Waals surface area (Å²) in [5, 5.41) is 3.31. The summed E-state index contributed by atoms with van der Waals surface area (Å²) >= 11 is 0. The zero-order valence-corrected chi connectivity index (χ0v) is 7.76. The first kappa shape index (κ1) is 10.9. The molecule has 3 nitrogen and oxygen atoms in total. The van der Waals surface area contributed by atoms with E-state index in [1.54, 1.807) is 0 Å². The highest BCUT2D eigenvalue weighted by Crippen LogP contribution is 1.86. The molecule has 0 bridgehead atoms. The van der Waals surface area contributed by atoms with Crippen molar-refractivity contribution in [1.29, 1.82) is 0 Å². The van der Waals surface area contributed by atoms with Crippen LogP contribution in [0, 0.1) is 0 Å². The zero-order valence-electron chi connectivity index (χ0n) is 7.76. The van der Waals surface area contributed by atoms with Gasteiger partial charge in [0.15, 0.2) is 0 Å². The van der Waals surface area contributed by atoms with Gasteiger partial charge in [-0.15, -0.1) is 0 Å². The molecule has 0 saturated heterocycles. The van der Waals surface area contributed by atoms with Crippen LogP contribution in [0.25, 0.3) is 0 Å². The van der Waals surface area contributed by atoms with Gasteiger partial charge in [-0.1, -0.05) is 0 Å². The van der Waals surface area contributed by atoms with E-state index in [0.717, 1.165) is 13.2 Å². The van der Waals surface area contributed by atoms with Gasteiger partial charge >= 0.3 is 0 Å². The van der Waals surface area contributed by atoms with Gasteiger partial charge in [0, 0.05) is 25.2 Å². The fourth-order valence-corrected chi connectivity index (χ4v) is 0.896. The molecule has 0 aromatic carbocycles. The lowest BCUT2D eigenvalue weighted by atomic mass is 10.3. The number of rotatable bonds is 6. The smallest absolute Gasteiger partial charge is 0.0616 e. The molecule has 68 valence electrons. The van der Waals surface area contributed by atoms with Gasteiger partial charge < -0.3 is 15.8 Å². The zero-order chi connectivity index (χ0) is 8.69. The Kier molecular flexibility index (Phi) is 6.51. The predicted molar refractivity (Wildman–Crippen MR) is 47.6 cm³/mol. The fourth-order valence-electron chi connectivity index (χ4n) is 0.896. The third kappa shape index (κ3) is 6.28. The maximum Gasteiger partial charge on any atom is 0.0616 e. The van der Waals surface area contributed by atoms with Gasteiger partial charge in [0.1, 0.15) is 0 Å². The summed E-state index contributed by atoms with van der Waals surface area (Å²) in [5.74, 6) is 0. The topological polar surface area (TPSA) is 47.3 Å². The Bertz CT molecular complexity index is 88.2.